The van der Waals surface area contributed by atoms with Crippen LogP contribution in [0.5, 0.6) is 5.75 Å². The first-order chi connectivity index (χ1) is 9.29. The molecule has 1 aromatic carbocycles. The van der Waals surface area contributed by atoms with E-state index in [2.05, 4.69) is 31.2 Å². The second-order valence-corrected chi connectivity index (χ2v) is 5.54. The van der Waals surface area contributed by atoms with Crippen molar-refractivity contribution in [1.29, 1.82) is 0 Å². The minimum Gasteiger partial charge on any atom is -0.496 e. The van der Waals surface area contributed by atoms with Crippen LogP contribution in [0.25, 0.3) is 0 Å². The summed E-state index contributed by atoms with van der Waals surface area (Å²) in [7, 11) is 1.75. The topological polar surface area (TPSA) is 27.7 Å². The molecule has 4 heterocycles. The molecular weight excluding hydrogens is 240 g/mol. The predicted octanol–water partition coefficient (Wildman–Crippen LogP) is 3.37. The van der Waals surface area contributed by atoms with Gasteiger partial charge in [0.15, 0.2) is 0 Å². The summed E-state index contributed by atoms with van der Waals surface area (Å²) in [5, 5.41) is 0. The second-order valence-electron chi connectivity index (χ2n) is 5.54. The summed E-state index contributed by atoms with van der Waals surface area (Å²) in [6.07, 6.45) is 8.87. The molecule has 5 rings (SSSR count). The van der Waals surface area contributed by atoms with E-state index in [1.807, 2.05) is 0 Å². The van der Waals surface area contributed by atoms with Gasteiger partial charge in [0.25, 0.3) is 0 Å². The molecule has 4 atom stereocenters. The van der Waals surface area contributed by atoms with Crippen LogP contribution in [-0.2, 0) is 9.47 Å². The lowest BCUT2D eigenvalue weighted by Gasteiger charge is -2.22. The largest absolute Gasteiger partial charge is 0.496 e. The first-order valence-electron chi connectivity index (χ1n) is 6.71. The van der Waals surface area contributed by atoms with Crippen LogP contribution >= 0.6 is 0 Å². The van der Waals surface area contributed by atoms with Crippen LogP contribution in [0.15, 0.2) is 24.3 Å². The van der Waals surface area contributed by atoms with Gasteiger partial charge in [-0.25, -0.2) is 0 Å². The highest BCUT2D eigenvalue weighted by Crippen LogP contribution is 2.59. The van der Waals surface area contributed by atoms with Crippen molar-refractivity contribution in [2.75, 3.05) is 7.11 Å². The molecule has 4 aliphatic heterocycles. The van der Waals surface area contributed by atoms with Crippen LogP contribution in [0, 0.1) is 6.92 Å². The van der Waals surface area contributed by atoms with Crippen molar-refractivity contribution in [3.63, 3.8) is 0 Å². The van der Waals surface area contributed by atoms with E-state index in [4.69, 9.17) is 14.2 Å². The number of hydrogen-bond donors (Lipinski definition) is 0. The highest BCUT2D eigenvalue weighted by atomic mass is 16.5. The van der Waals surface area contributed by atoms with Crippen molar-refractivity contribution < 1.29 is 14.2 Å². The van der Waals surface area contributed by atoms with Gasteiger partial charge in [-0.2, -0.15) is 0 Å². The molecule has 0 spiro atoms. The van der Waals surface area contributed by atoms with E-state index in [9.17, 15) is 0 Å². The van der Waals surface area contributed by atoms with Crippen LogP contribution < -0.4 is 4.74 Å². The van der Waals surface area contributed by atoms with Crippen molar-refractivity contribution in [3.05, 3.63) is 52.1 Å². The Bertz CT molecular complexity index is 618. The summed E-state index contributed by atoms with van der Waals surface area (Å²) in [4.78, 5) is 0. The van der Waals surface area contributed by atoms with Gasteiger partial charge in [-0.15, -0.1) is 0 Å². The number of fused-ring (bicyclic) bond motifs is 10. The van der Waals surface area contributed by atoms with Gasteiger partial charge < -0.3 is 14.2 Å². The van der Waals surface area contributed by atoms with Gasteiger partial charge in [-0.3, -0.25) is 0 Å². The number of hydrogen-bond acceptors (Lipinski definition) is 3. The quantitative estimate of drug-likeness (QED) is 0.719. The van der Waals surface area contributed by atoms with Crippen molar-refractivity contribution in [2.24, 2.45) is 0 Å². The maximum absolute atomic E-state index is 5.98. The van der Waals surface area contributed by atoms with Gasteiger partial charge in [-0.1, -0.05) is 24.3 Å². The summed E-state index contributed by atoms with van der Waals surface area (Å²) in [6, 6.07) is 0. The number of ether oxygens (including phenoxy) is 3. The Morgan fingerprint density at radius 2 is 1.21 bits per heavy atom. The molecule has 19 heavy (non-hydrogen) atoms. The minimum atomic E-state index is 0.0575. The molecule has 0 N–H and O–H groups in total. The smallest absolute Gasteiger partial charge is 0.131 e. The zero-order chi connectivity index (χ0) is 12.7. The van der Waals surface area contributed by atoms with Crippen LogP contribution in [-0.4, -0.2) is 7.11 Å². The summed E-state index contributed by atoms with van der Waals surface area (Å²) < 4.78 is 17.7. The molecule has 4 bridgehead atoms. The third kappa shape index (κ3) is 1.00. The molecule has 0 saturated heterocycles. The normalized spacial score (nSPS) is 35.1. The first kappa shape index (κ1) is 10.2. The fourth-order valence-corrected chi connectivity index (χ4v) is 4.02. The standard InChI is InChI=1S/C16H14O3/c1-7-12-8-3-5-10(18-8)14(12)16(17-2)15-11-6-4-9(19-11)13(7)15/h3-6,8-11H,1-2H3. The lowest BCUT2D eigenvalue weighted by atomic mass is 9.82. The molecule has 0 radical (unpaired) electrons. The Morgan fingerprint density at radius 1 is 0.789 bits per heavy atom. The van der Waals surface area contributed by atoms with E-state index >= 15 is 0 Å². The summed E-state index contributed by atoms with van der Waals surface area (Å²) in [5.74, 6) is 0.976. The fourth-order valence-electron chi connectivity index (χ4n) is 4.02. The van der Waals surface area contributed by atoms with E-state index < -0.39 is 0 Å². The van der Waals surface area contributed by atoms with Gasteiger partial charge in [0.2, 0.25) is 0 Å². The fraction of sp³-hybridized carbons (Fsp3) is 0.375. The molecule has 0 aliphatic carbocycles. The lowest BCUT2D eigenvalue weighted by molar-refractivity contribution is 0.0819. The molecule has 4 unspecified atom stereocenters. The van der Waals surface area contributed by atoms with Gasteiger partial charge in [0, 0.05) is 11.1 Å². The maximum atomic E-state index is 5.98. The molecule has 0 amide bonds. The molecular formula is C16H14O3. The lowest BCUT2D eigenvalue weighted by Crippen LogP contribution is -2.08. The molecule has 3 nitrogen and oxygen atoms in total. The second kappa shape index (κ2) is 3.11. The van der Waals surface area contributed by atoms with Gasteiger partial charge in [0.1, 0.15) is 30.2 Å². The highest BCUT2D eigenvalue weighted by Gasteiger charge is 2.46. The van der Waals surface area contributed by atoms with Crippen LogP contribution in [0.1, 0.15) is 52.2 Å². The van der Waals surface area contributed by atoms with E-state index in [-0.39, 0.29) is 24.4 Å². The van der Waals surface area contributed by atoms with Crippen molar-refractivity contribution in [2.45, 2.75) is 31.3 Å². The number of methoxy groups -OCH3 is 1. The van der Waals surface area contributed by atoms with Gasteiger partial charge in [0.05, 0.1) is 7.11 Å². The van der Waals surface area contributed by atoms with Crippen LogP contribution in [0.3, 0.4) is 0 Å². The van der Waals surface area contributed by atoms with Crippen molar-refractivity contribution >= 4 is 0 Å². The molecule has 1 aromatic rings. The average Bonchev–Trinajstić information content (AvgIpc) is 3.18. The SMILES string of the molecule is COc1c2c(c(C)c3c1C1C=CC3O1)C1C=CC2O1. The zero-order valence-electron chi connectivity index (χ0n) is 10.8. The van der Waals surface area contributed by atoms with Crippen LogP contribution in [0.2, 0.25) is 0 Å². The maximum Gasteiger partial charge on any atom is 0.131 e. The van der Waals surface area contributed by atoms with Gasteiger partial charge >= 0.3 is 0 Å². The summed E-state index contributed by atoms with van der Waals surface area (Å²) in [6.45, 7) is 2.19. The molecule has 96 valence electrons. The summed E-state index contributed by atoms with van der Waals surface area (Å²) in [5.41, 5.74) is 6.35. The molecule has 4 aliphatic rings. The number of rotatable bonds is 1. The third-order valence-electron chi connectivity index (χ3n) is 4.73. The number of benzene rings is 1. The Kier molecular flexibility index (Phi) is 1.68. The third-order valence-corrected chi connectivity index (χ3v) is 4.73. The van der Waals surface area contributed by atoms with Gasteiger partial charge in [-0.05, 0) is 23.6 Å². The Labute approximate surface area is 111 Å². The monoisotopic (exact) mass is 254 g/mol. The highest BCUT2D eigenvalue weighted by molar-refractivity contribution is 5.66. The first-order valence-corrected chi connectivity index (χ1v) is 6.71. The molecule has 3 heteroatoms. The van der Waals surface area contributed by atoms with Crippen molar-refractivity contribution in [3.8, 4) is 5.75 Å². The van der Waals surface area contributed by atoms with E-state index in [0.29, 0.717) is 0 Å². The average molecular weight is 254 g/mol. The predicted molar refractivity (Wildman–Crippen MR) is 69.1 cm³/mol. The zero-order valence-corrected chi connectivity index (χ0v) is 10.8. The Balaban J connectivity index is 1.89. The van der Waals surface area contributed by atoms with Crippen molar-refractivity contribution in [1.82, 2.24) is 0 Å². The summed E-state index contributed by atoms with van der Waals surface area (Å²) >= 11 is 0. The van der Waals surface area contributed by atoms with E-state index in [1.54, 1.807) is 7.11 Å². The Hall–Kier alpha value is -1.58. The minimum absolute atomic E-state index is 0.0575. The molecule has 0 saturated carbocycles. The Morgan fingerprint density at radius 3 is 1.63 bits per heavy atom. The van der Waals surface area contributed by atoms with E-state index in [0.717, 1.165) is 5.75 Å². The van der Waals surface area contributed by atoms with E-state index in [1.165, 1.54) is 27.8 Å². The van der Waals surface area contributed by atoms with Crippen LogP contribution in [0.4, 0.5) is 0 Å². The molecule has 0 aromatic heterocycles. The molecule has 0 fully saturated rings.